The lowest BCUT2D eigenvalue weighted by Gasteiger charge is -2.37. The van der Waals surface area contributed by atoms with Gasteiger partial charge >= 0.3 is 0 Å². The maximum absolute atomic E-state index is 11.4. The molecule has 1 aliphatic heterocycles. The van der Waals surface area contributed by atoms with Crippen LogP contribution < -0.4 is 5.32 Å². The number of sulfone groups is 1. The molecule has 4 heteroatoms. The van der Waals surface area contributed by atoms with Gasteiger partial charge in [-0.15, -0.1) is 0 Å². The zero-order valence-corrected chi connectivity index (χ0v) is 13.4. The molecule has 0 bridgehead atoms. The third kappa shape index (κ3) is 4.45. The summed E-state index contributed by atoms with van der Waals surface area (Å²) in [7, 11) is -2.74. The fourth-order valence-corrected chi connectivity index (χ4v) is 5.23. The summed E-state index contributed by atoms with van der Waals surface area (Å²) in [5, 5.41) is 3.48. The van der Waals surface area contributed by atoms with Gasteiger partial charge in [0.05, 0.1) is 11.5 Å². The Balaban J connectivity index is 1.69. The van der Waals surface area contributed by atoms with Gasteiger partial charge in [-0.2, -0.15) is 0 Å². The molecule has 1 unspecified atom stereocenters. The second kappa shape index (κ2) is 5.72. The molecule has 112 valence electrons. The first-order chi connectivity index (χ1) is 8.76. The Morgan fingerprint density at radius 3 is 2.16 bits per heavy atom. The van der Waals surface area contributed by atoms with E-state index in [4.69, 9.17) is 0 Å². The molecule has 1 saturated heterocycles. The third-order valence-corrected chi connectivity index (χ3v) is 6.77. The van der Waals surface area contributed by atoms with Crippen LogP contribution in [0, 0.1) is 17.3 Å². The van der Waals surface area contributed by atoms with E-state index in [0.29, 0.717) is 16.9 Å². The highest BCUT2D eigenvalue weighted by Crippen LogP contribution is 2.39. The molecule has 0 amide bonds. The minimum Gasteiger partial charge on any atom is -0.313 e. The minimum absolute atomic E-state index is 0.213. The summed E-state index contributed by atoms with van der Waals surface area (Å²) < 4.78 is 22.8. The van der Waals surface area contributed by atoms with Crippen molar-refractivity contribution in [1.82, 2.24) is 5.32 Å². The SMILES string of the molecule is CC(C)(C)C1CCC(CNC2CCS(=O)(=O)C2)CC1. The van der Waals surface area contributed by atoms with Crippen LogP contribution in [-0.4, -0.2) is 32.5 Å². The van der Waals surface area contributed by atoms with Crippen molar-refractivity contribution < 1.29 is 8.42 Å². The molecule has 1 N–H and O–H groups in total. The van der Waals surface area contributed by atoms with E-state index in [2.05, 4.69) is 26.1 Å². The standard InChI is InChI=1S/C15H29NO2S/c1-15(2,3)13-6-4-12(5-7-13)10-16-14-8-9-19(17,18)11-14/h12-14,16H,4-11H2,1-3H3. The van der Waals surface area contributed by atoms with Crippen LogP contribution in [-0.2, 0) is 9.84 Å². The maximum atomic E-state index is 11.4. The molecule has 19 heavy (non-hydrogen) atoms. The van der Waals surface area contributed by atoms with Crippen LogP contribution in [0.25, 0.3) is 0 Å². The summed E-state index contributed by atoms with van der Waals surface area (Å²) in [5.74, 6) is 2.34. The Bertz CT molecular complexity index is 389. The van der Waals surface area contributed by atoms with Gasteiger partial charge in [0, 0.05) is 6.04 Å². The molecule has 2 aliphatic rings. The lowest BCUT2D eigenvalue weighted by molar-refractivity contribution is 0.148. The zero-order chi connectivity index (χ0) is 14.1. The molecule has 1 atom stereocenters. The lowest BCUT2D eigenvalue weighted by atomic mass is 9.70. The van der Waals surface area contributed by atoms with E-state index in [1.807, 2.05) is 0 Å². The highest BCUT2D eigenvalue weighted by molar-refractivity contribution is 7.91. The van der Waals surface area contributed by atoms with Crippen molar-refractivity contribution >= 4 is 9.84 Å². The van der Waals surface area contributed by atoms with Crippen molar-refractivity contribution in [3.63, 3.8) is 0 Å². The van der Waals surface area contributed by atoms with E-state index in [0.717, 1.165) is 24.8 Å². The van der Waals surface area contributed by atoms with Gasteiger partial charge in [-0.1, -0.05) is 20.8 Å². The van der Waals surface area contributed by atoms with Crippen molar-refractivity contribution in [3.8, 4) is 0 Å². The van der Waals surface area contributed by atoms with E-state index < -0.39 is 9.84 Å². The predicted octanol–water partition coefficient (Wildman–Crippen LogP) is 2.62. The van der Waals surface area contributed by atoms with Crippen LogP contribution in [0.5, 0.6) is 0 Å². The Morgan fingerprint density at radius 2 is 1.68 bits per heavy atom. The monoisotopic (exact) mass is 287 g/mol. The Labute approximate surface area is 118 Å². The Hall–Kier alpha value is -0.0900. The van der Waals surface area contributed by atoms with Gasteiger partial charge in [0.2, 0.25) is 0 Å². The van der Waals surface area contributed by atoms with Gasteiger partial charge in [-0.05, 0) is 55.9 Å². The first kappa shape index (κ1) is 15.3. The van der Waals surface area contributed by atoms with Gasteiger partial charge in [0.15, 0.2) is 9.84 Å². The molecule has 0 aromatic heterocycles. The lowest BCUT2D eigenvalue weighted by Crippen LogP contribution is -2.36. The van der Waals surface area contributed by atoms with Crippen molar-refractivity contribution in [2.45, 2.75) is 58.9 Å². The van der Waals surface area contributed by atoms with Crippen LogP contribution in [0.1, 0.15) is 52.9 Å². The molecular formula is C15H29NO2S. The van der Waals surface area contributed by atoms with Gasteiger partial charge in [0.1, 0.15) is 0 Å². The molecule has 3 nitrogen and oxygen atoms in total. The third-order valence-electron chi connectivity index (χ3n) is 5.00. The molecule has 0 aromatic rings. The average Bonchev–Trinajstić information content (AvgIpc) is 2.66. The largest absolute Gasteiger partial charge is 0.313 e. The summed E-state index contributed by atoms with van der Waals surface area (Å²) in [5.41, 5.74) is 0.442. The zero-order valence-electron chi connectivity index (χ0n) is 12.6. The Kier molecular flexibility index (Phi) is 4.61. The van der Waals surface area contributed by atoms with Crippen molar-refractivity contribution in [2.75, 3.05) is 18.1 Å². The second-order valence-electron chi connectivity index (χ2n) is 7.59. The highest BCUT2D eigenvalue weighted by Gasteiger charge is 2.31. The molecule has 0 aromatic carbocycles. The van der Waals surface area contributed by atoms with E-state index in [1.54, 1.807) is 0 Å². The van der Waals surface area contributed by atoms with Gasteiger partial charge in [0.25, 0.3) is 0 Å². The normalized spacial score (nSPS) is 35.4. The quantitative estimate of drug-likeness (QED) is 0.868. The van der Waals surface area contributed by atoms with Crippen LogP contribution in [0.3, 0.4) is 0 Å². The van der Waals surface area contributed by atoms with Crippen molar-refractivity contribution in [3.05, 3.63) is 0 Å². The van der Waals surface area contributed by atoms with E-state index >= 15 is 0 Å². The van der Waals surface area contributed by atoms with Crippen LogP contribution in [0.2, 0.25) is 0 Å². The molecule has 0 radical (unpaired) electrons. The fraction of sp³-hybridized carbons (Fsp3) is 1.00. The topological polar surface area (TPSA) is 46.2 Å². The van der Waals surface area contributed by atoms with Crippen LogP contribution in [0.4, 0.5) is 0 Å². The molecule has 2 rings (SSSR count). The van der Waals surface area contributed by atoms with Crippen molar-refractivity contribution in [1.29, 1.82) is 0 Å². The fourth-order valence-electron chi connectivity index (χ4n) is 3.52. The minimum atomic E-state index is -2.74. The van der Waals surface area contributed by atoms with Crippen LogP contribution in [0.15, 0.2) is 0 Å². The molecule has 0 spiro atoms. The average molecular weight is 287 g/mol. The number of hydrogen-bond donors (Lipinski definition) is 1. The maximum Gasteiger partial charge on any atom is 0.151 e. The second-order valence-corrected chi connectivity index (χ2v) is 9.82. The first-order valence-electron chi connectivity index (χ1n) is 7.70. The highest BCUT2D eigenvalue weighted by atomic mass is 32.2. The van der Waals surface area contributed by atoms with E-state index in [-0.39, 0.29) is 6.04 Å². The summed E-state index contributed by atoms with van der Waals surface area (Å²) in [6.07, 6.45) is 6.07. The molecule has 1 aliphatic carbocycles. The predicted molar refractivity (Wildman–Crippen MR) is 80.0 cm³/mol. The number of nitrogens with one attached hydrogen (secondary N) is 1. The van der Waals surface area contributed by atoms with Crippen LogP contribution >= 0.6 is 0 Å². The Morgan fingerprint density at radius 1 is 1.05 bits per heavy atom. The number of hydrogen-bond acceptors (Lipinski definition) is 3. The molecule has 1 saturated carbocycles. The van der Waals surface area contributed by atoms with E-state index in [9.17, 15) is 8.42 Å². The number of rotatable bonds is 3. The summed E-state index contributed by atoms with van der Waals surface area (Å²) in [4.78, 5) is 0. The smallest absolute Gasteiger partial charge is 0.151 e. The van der Waals surface area contributed by atoms with Gasteiger partial charge < -0.3 is 5.32 Å². The molecule has 1 heterocycles. The first-order valence-corrected chi connectivity index (χ1v) is 9.52. The van der Waals surface area contributed by atoms with E-state index in [1.165, 1.54) is 25.7 Å². The summed E-state index contributed by atoms with van der Waals surface area (Å²) in [6.45, 7) is 8.05. The molecule has 2 fully saturated rings. The summed E-state index contributed by atoms with van der Waals surface area (Å²) >= 11 is 0. The van der Waals surface area contributed by atoms with Gasteiger partial charge in [-0.3, -0.25) is 0 Å². The molecular weight excluding hydrogens is 258 g/mol. The summed E-state index contributed by atoms with van der Waals surface area (Å²) in [6, 6.07) is 0.213. The van der Waals surface area contributed by atoms with Gasteiger partial charge in [-0.25, -0.2) is 8.42 Å². The van der Waals surface area contributed by atoms with Crippen molar-refractivity contribution in [2.24, 2.45) is 17.3 Å².